The van der Waals surface area contributed by atoms with Gasteiger partial charge in [0.1, 0.15) is 5.69 Å². The summed E-state index contributed by atoms with van der Waals surface area (Å²) in [5.74, 6) is -0.708. The summed E-state index contributed by atoms with van der Waals surface area (Å²) in [6.45, 7) is 0. The van der Waals surface area contributed by atoms with Crippen molar-refractivity contribution in [3.63, 3.8) is 0 Å². The SMILES string of the molecule is CO[P@](=O)(c1ccccc1)c1c(C(N)=O)[nH]c2ccc(Cl)cc12. The topological polar surface area (TPSA) is 85.2 Å². The fourth-order valence-electron chi connectivity index (χ4n) is 2.58. The minimum absolute atomic E-state index is 0.0660. The quantitative estimate of drug-likeness (QED) is 0.711. The van der Waals surface area contributed by atoms with E-state index < -0.39 is 13.3 Å². The van der Waals surface area contributed by atoms with Gasteiger partial charge in [0.15, 0.2) is 0 Å². The number of halogens is 1. The fourth-order valence-corrected chi connectivity index (χ4v) is 4.93. The highest BCUT2D eigenvalue weighted by atomic mass is 35.5. The molecule has 7 heteroatoms. The van der Waals surface area contributed by atoms with Crippen LogP contribution in [-0.4, -0.2) is 18.0 Å². The first kappa shape index (κ1) is 15.8. The number of nitrogens with one attached hydrogen (secondary N) is 1. The highest BCUT2D eigenvalue weighted by molar-refractivity contribution is 7.75. The van der Waals surface area contributed by atoms with Crippen LogP contribution >= 0.6 is 19.0 Å². The van der Waals surface area contributed by atoms with Crippen LogP contribution in [0.3, 0.4) is 0 Å². The number of aromatic nitrogens is 1. The van der Waals surface area contributed by atoms with E-state index in [-0.39, 0.29) is 11.0 Å². The summed E-state index contributed by atoms with van der Waals surface area (Å²) in [7, 11) is -2.16. The molecular weight excluding hydrogens is 335 g/mol. The maximum atomic E-state index is 13.6. The van der Waals surface area contributed by atoms with E-state index in [1.807, 2.05) is 6.07 Å². The maximum absolute atomic E-state index is 13.6. The van der Waals surface area contributed by atoms with Crippen molar-refractivity contribution in [1.82, 2.24) is 4.98 Å². The zero-order valence-corrected chi connectivity index (χ0v) is 13.9. The summed E-state index contributed by atoms with van der Waals surface area (Å²) in [5.41, 5.74) is 6.15. The van der Waals surface area contributed by atoms with E-state index in [1.54, 1.807) is 42.5 Å². The number of carbonyl (C=O) groups excluding carboxylic acids is 1. The second-order valence-electron chi connectivity index (χ2n) is 4.97. The van der Waals surface area contributed by atoms with E-state index in [9.17, 15) is 9.36 Å². The lowest BCUT2D eigenvalue weighted by Gasteiger charge is -2.17. The minimum atomic E-state index is -3.50. The monoisotopic (exact) mass is 348 g/mol. The van der Waals surface area contributed by atoms with E-state index in [0.29, 0.717) is 21.2 Å². The maximum Gasteiger partial charge on any atom is 0.266 e. The van der Waals surface area contributed by atoms with Gasteiger partial charge in [0.2, 0.25) is 0 Å². The lowest BCUT2D eigenvalue weighted by molar-refractivity contribution is 0.0997. The highest BCUT2D eigenvalue weighted by Crippen LogP contribution is 2.47. The van der Waals surface area contributed by atoms with Gasteiger partial charge in [0.05, 0.1) is 5.30 Å². The molecule has 118 valence electrons. The number of benzene rings is 2. The van der Waals surface area contributed by atoms with Crippen LogP contribution in [0.4, 0.5) is 0 Å². The van der Waals surface area contributed by atoms with Gasteiger partial charge in [-0.25, -0.2) is 0 Å². The van der Waals surface area contributed by atoms with Gasteiger partial charge in [-0.15, -0.1) is 0 Å². The Balaban J connectivity index is 2.41. The first-order chi connectivity index (χ1) is 11.0. The number of hydrogen-bond acceptors (Lipinski definition) is 3. The average molecular weight is 349 g/mol. The van der Waals surface area contributed by atoms with Crippen molar-refractivity contribution in [2.45, 2.75) is 0 Å². The molecule has 2 aromatic carbocycles. The molecule has 3 N–H and O–H groups in total. The van der Waals surface area contributed by atoms with Gasteiger partial charge in [-0.05, 0) is 30.3 Å². The molecule has 0 aliphatic heterocycles. The molecular formula is C16H14ClN2O3P. The second kappa shape index (κ2) is 5.85. The molecule has 3 rings (SSSR count). The molecule has 1 atom stereocenters. The molecule has 0 aliphatic carbocycles. The third-order valence-corrected chi connectivity index (χ3v) is 6.41. The summed E-state index contributed by atoms with van der Waals surface area (Å²) in [6, 6.07) is 13.7. The number of fused-ring (bicyclic) bond motifs is 1. The molecule has 5 nitrogen and oxygen atoms in total. The number of hydrogen-bond donors (Lipinski definition) is 2. The van der Waals surface area contributed by atoms with E-state index >= 15 is 0 Å². The van der Waals surface area contributed by atoms with Gasteiger partial charge >= 0.3 is 0 Å². The molecule has 1 aromatic heterocycles. The number of nitrogens with two attached hydrogens (primary N) is 1. The van der Waals surface area contributed by atoms with Crippen LogP contribution < -0.4 is 16.3 Å². The smallest absolute Gasteiger partial charge is 0.266 e. The van der Waals surface area contributed by atoms with Crippen LogP contribution in [0.1, 0.15) is 10.5 Å². The lowest BCUT2D eigenvalue weighted by Crippen LogP contribution is -2.25. The van der Waals surface area contributed by atoms with E-state index in [1.165, 1.54) is 7.11 Å². The zero-order valence-electron chi connectivity index (χ0n) is 12.2. The fraction of sp³-hybridized carbons (Fsp3) is 0.0625. The summed E-state index contributed by atoms with van der Waals surface area (Å²) in [4.78, 5) is 14.8. The van der Waals surface area contributed by atoms with Crippen LogP contribution in [0, 0.1) is 0 Å². The van der Waals surface area contributed by atoms with E-state index in [4.69, 9.17) is 21.9 Å². The molecule has 0 aliphatic rings. The normalized spacial score (nSPS) is 13.8. The predicted molar refractivity (Wildman–Crippen MR) is 92.2 cm³/mol. The molecule has 0 saturated carbocycles. The van der Waals surface area contributed by atoms with Crippen molar-refractivity contribution in [1.29, 1.82) is 0 Å². The van der Waals surface area contributed by atoms with E-state index in [0.717, 1.165) is 0 Å². The van der Waals surface area contributed by atoms with Gasteiger partial charge in [0, 0.05) is 28.3 Å². The standard InChI is InChI=1S/C16H14ClN2O3P/c1-22-23(21,11-5-3-2-4-6-11)15-12-9-10(17)7-8-13(12)19-14(15)16(18)20/h2-9,19H,1H3,(H2,18,20)/t23-/m1/s1. The Bertz CT molecular complexity index is 937. The van der Waals surface area contributed by atoms with E-state index in [2.05, 4.69) is 4.98 Å². The first-order valence-electron chi connectivity index (χ1n) is 6.80. The van der Waals surface area contributed by atoms with Crippen LogP contribution in [0.5, 0.6) is 0 Å². The predicted octanol–water partition coefficient (Wildman–Crippen LogP) is 2.80. The number of aromatic amines is 1. The van der Waals surface area contributed by atoms with Crippen molar-refractivity contribution >= 4 is 46.4 Å². The van der Waals surface area contributed by atoms with Crippen LogP contribution in [0.15, 0.2) is 48.5 Å². The molecule has 0 unspecified atom stereocenters. The Labute approximate surface area is 137 Å². The highest BCUT2D eigenvalue weighted by Gasteiger charge is 2.35. The third kappa shape index (κ3) is 2.57. The second-order valence-corrected chi connectivity index (χ2v) is 7.84. The molecule has 3 aromatic rings. The number of carbonyl (C=O) groups is 1. The Morgan fingerprint density at radius 3 is 2.52 bits per heavy atom. The summed E-state index contributed by atoms with van der Waals surface area (Å²) in [5, 5.41) is 1.74. The Kier molecular flexibility index (Phi) is 4.02. The number of primary amides is 1. The number of H-pyrrole nitrogens is 1. The summed E-state index contributed by atoms with van der Waals surface area (Å²) >= 11 is 6.06. The van der Waals surface area contributed by atoms with Gasteiger partial charge in [-0.3, -0.25) is 9.36 Å². The largest absolute Gasteiger partial charge is 0.364 e. The summed E-state index contributed by atoms with van der Waals surface area (Å²) < 4.78 is 19.0. The van der Waals surface area contributed by atoms with Crippen molar-refractivity contribution in [3.05, 3.63) is 59.2 Å². The minimum Gasteiger partial charge on any atom is -0.364 e. The molecule has 0 spiro atoms. The van der Waals surface area contributed by atoms with Gasteiger partial charge in [-0.2, -0.15) is 0 Å². The van der Waals surface area contributed by atoms with Gasteiger partial charge < -0.3 is 15.2 Å². The van der Waals surface area contributed by atoms with Crippen molar-refractivity contribution in [2.75, 3.05) is 7.11 Å². The van der Waals surface area contributed by atoms with Crippen molar-refractivity contribution in [2.24, 2.45) is 5.73 Å². The molecule has 1 amide bonds. The molecule has 0 fully saturated rings. The molecule has 0 saturated heterocycles. The summed E-state index contributed by atoms with van der Waals surface area (Å²) in [6.07, 6.45) is 0. The molecule has 0 bridgehead atoms. The van der Waals surface area contributed by atoms with Crippen LogP contribution in [0.2, 0.25) is 5.02 Å². The average Bonchev–Trinajstić information content (AvgIpc) is 2.94. The molecule has 0 radical (unpaired) electrons. The molecule has 23 heavy (non-hydrogen) atoms. The van der Waals surface area contributed by atoms with Crippen molar-refractivity contribution < 1.29 is 13.9 Å². The molecule has 1 heterocycles. The van der Waals surface area contributed by atoms with Gasteiger partial charge in [0.25, 0.3) is 13.3 Å². The van der Waals surface area contributed by atoms with Crippen LogP contribution in [0.25, 0.3) is 10.9 Å². The third-order valence-electron chi connectivity index (χ3n) is 3.63. The Morgan fingerprint density at radius 2 is 1.91 bits per heavy atom. The zero-order chi connectivity index (χ0) is 16.6. The number of rotatable bonds is 4. The Hall–Kier alpha value is -2.07. The lowest BCUT2D eigenvalue weighted by atomic mass is 10.2. The number of amides is 1. The van der Waals surface area contributed by atoms with Crippen LogP contribution in [-0.2, 0) is 9.09 Å². The van der Waals surface area contributed by atoms with Gasteiger partial charge in [-0.1, -0.05) is 29.8 Å². The first-order valence-corrected chi connectivity index (χ1v) is 8.80. The van der Waals surface area contributed by atoms with Crippen molar-refractivity contribution in [3.8, 4) is 0 Å². The Morgan fingerprint density at radius 1 is 1.22 bits per heavy atom.